The molecule has 6 nitrogen and oxygen atoms in total. The zero-order valence-electron chi connectivity index (χ0n) is 15.7. The maximum absolute atomic E-state index is 13.6. The first-order valence-corrected chi connectivity index (χ1v) is 9.78. The molecule has 1 N–H and O–H groups in total. The van der Waals surface area contributed by atoms with Crippen LogP contribution in [0.4, 0.5) is 9.18 Å². The number of amides is 3. The fourth-order valence-electron chi connectivity index (χ4n) is 3.66. The molecular weight excluding hydrogens is 349 g/mol. The van der Waals surface area contributed by atoms with Crippen molar-refractivity contribution in [1.29, 1.82) is 0 Å². The number of hydrogen-bond acceptors (Lipinski definition) is 3. The van der Waals surface area contributed by atoms with Gasteiger partial charge in [-0.1, -0.05) is 18.2 Å². The van der Waals surface area contributed by atoms with Gasteiger partial charge in [0, 0.05) is 38.6 Å². The Balaban J connectivity index is 1.34. The standard InChI is InChI=1S/C20H28FN3O3/c21-18-6-2-1-4-16(18)5-3-9-22-20(26)24-10-7-17(8-11-24)19(25)23-12-14-27-15-13-23/h1-2,4,6,17H,3,5,7-15H2,(H,22,26). The van der Waals surface area contributed by atoms with Crippen molar-refractivity contribution in [3.63, 3.8) is 0 Å². The van der Waals surface area contributed by atoms with E-state index in [-0.39, 0.29) is 23.7 Å². The van der Waals surface area contributed by atoms with Gasteiger partial charge in [-0.2, -0.15) is 0 Å². The van der Waals surface area contributed by atoms with Crippen LogP contribution in [0.3, 0.4) is 0 Å². The molecule has 3 amide bonds. The van der Waals surface area contributed by atoms with Crippen molar-refractivity contribution in [1.82, 2.24) is 15.1 Å². The fourth-order valence-corrected chi connectivity index (χ4v) is 3.66. The van der Waals surface area contributed by atoms with Gasteiger partial charge in [0.25, 0.3) is 0 Å². The lowest BCUT2D eigenvalue weighted by Gasteiger charge is -2.35. The minimum Gasteiger partial charge on any atom is -0.378 e. The van der Waals surface area contributed by atoms with E-state index in [1.165, 1.54) is 6.07 Å². The molecule has 0 radical (unpaired) electrons. The van der Waals surface area contributed by atoms with Gasteiger partial charge in [0.2, 0.25) is 5.91 Å². The van der Waals surface area contributed by atoms with Crippen molar-refractivity contribution in [3.8, 4) is 0 Å². The van der Waals surface area contributed by atoms with E-state index < -0.39 is 0 Å². The maximum atomic E-state index is 13.6. The molecule has 1 aromatic carbocycles. The van der Waals surface area contributed by atoms with Gasteiger partial charge in [0.1, 0.15) is 5.82 Å². The summed E-state index contributed by atoms with van der Waals surface area (Å²) >= 11 is 0. The van der Waals surface area contributed by atoms with Crippen LogP contribution in [-0.2, 0) is 16.0 Å². The number of rotatable bonds is 5. The van der Waals surface area contributed by atoms with E-state index >= 15 is 0 Å². The molecule has 148 valence electrons. The number of ether oxygens (including phenoxy) is 1. The molecule has 0 spiro atoms. The largest absolute Gasteiger partial charge is 0.378 e. The van der Waals surface area contributed by atoms with Gasteiger partial charge >= 0.3 is 6.03 Å². The number of carbonyl (C=O) groups is 2. The third-order valence-corrected chi connectivity index (χ3v) is 5.31. The van der Waals surface area contributed by atoms with E-state index in [4.69, 9.17) is 4.74 Å². The number of morpholine rings is 1. The van der Waals surface area contributed by atoms with Gasteiger partial charge in [-0.05, 0) is 37.3 Å². The minimum atomic E-state index is -0.198. The minimum absolute atomic E-state index is 0.00760. The Morgan fingerprint density at radius 3 is 2.48 bits per heavy atom. The molecule has 2 heterocycles. The average Bonchev–Trinajstić information content (AvgIpc) is 2.72. The van der Waals surface area contributed by atoms with Crippen molar-refractivity contribution in [3.05, 3.63) is 35.6 Å². The first-order chi connectivity index (χ1) is 13.1. The predicted octanol–water partition coefficient (Wildman–Crippen LogP) is 2.04. The Bertz CT molecular complexity index is 641. The number of piperidine rings is 1. The van der Waals surface area contributed by atoms with E-state index in [1.54, 1.807) is 17.0 Å². The van der Waals surface area contributed by atoms with E-state index in [0.29, 0.717) is 77.2 Å². The lowest BCUT2D eigenvalue weighted by Crippen LogP contribution is -2.49. The molecule has 2 fully saturated rings. The Labute approximate surface area is 159 Å². The zero-order chi connectivity index (χ0) is 19.1. The average molecular weight is 377 g/mol. The summed E-state index contributed by atoms with van der Waals surface area (Å²) in [4.78, 5) is 28.5. The van der Waals surface area contributed by atoms with Gasteiger partial charge in [-0.15, -0.1) is 0 Å². The Kier molecular flexibility index (Phi) is 7.04. The van der Waals surface area contributed by atoms with Gasteiger partial charge in [0.15, 0.2) is 0 Å². The third-order valence-electron chi connectivity index (χ3n) is 5.31. The number of carbonyl (C=O) groups excluding carboxylic acids is 2. The normalized spacial score (nSPS) is 18.4. The highest BCUT2D eigenvalue weighted by Crippen LogP contribution is 2.20. The van der Waals surface area contributed by atoms with E-state index in [1.807, 2.05) is 11.0 Å². The highest BCUT2D eigenvalue weighted by molar-refractivity contribution is 5.80. The quantitative estimate of drug-likeness (QED) is 0.799. The third kappa shape index (κ3) is 5.42. The van der Waals surface area contributed by atoms with Crippen molar-refractivity contribution in [2.75, 3.05) is 45.9 Å². The summed E-state index contributed by atoms with van der Waals surface area (Å²) in [6.07, 6.45) is 2.71. The van der Waals surface area contributed by atoms with Gasteiger partial charge in [-0.3, -0.25) is 4.79 Å². The van der Waals surface area contributed by atoms with E-state index in [2.05, 4.69) is 5.32 Å². The van der Waals surface area contributed by atoms with Crippen LogP contribution in [0.5, 0.6) is 0 Å². The lowest BCUT2D eigenvalue weighted by molar-refractivity contribution is -0.141. The number of nitrogens with one attached hydrogen (secondary N) is 1. The zero-order valence-corrected chi connectivity index (χ0v) is 15.7. The molecule has 2 aliphatic heterocycles. The van der Waals surface area contributed by atoms with Crippen LogP contribution in [0, 0.1) is 11.7 Å². The Morgan fingerprint density at radius 2 is 1.78 bits per heavy atom. The number of urea groups is 1. The molecule has 3 rings (SSSR count). The molecule has 1 aromatic rings. The second kappa shape index (κ2) is 9.69. The maximum Gasteiger partial charge on any atom is 0.317 e. The summed E-state index contributed by atoms with van der Waals surface area (Å²) in [6, 6.07) is 6.62. The first-order valence-electron chi connectivity index (χ1n) is 9.78. The predicted molar refractivity (Wildman–Crippen MR) is 99.8 cm³/mol. The lowest BCUT2D eigenvalue weighted by atomic mass is 9.95. The van der Waals surface area contributed by atoms with Crippen LogP contribution in [0.1, 0.15) is 24.8 Å². The number of halogens is 1. The molecule has 0 atom stereocenters. The molecule has 0 aromatic heterocycles. The van der Waals surface area contributed by atoms with Crippen LogP contribution in [0.25, 0.3) is 0 Å². The van der Waals surface area contributed by atoms with Crippen LogP contribution >= 0.6 is 0 Å². The topological polar surface area (TPSA) is 61.9 Å². The van der Waals surface area contributed by atoms with Crippen molar-refractivity contribution in [2.45, 2.75) is 25.7 Å². The number of benzene rings is 1. The molecule has 7 heteroatoms. The van der Waals surface area contributed by atoms with Crippen molar-refractivity contribution >= 4 is 11.9 Å². The molecule has 2 aliphatic rings. The number of hydrogen-bond donors (Lipinski definition) is 1. The van der Waals surface area contributed by atoms with Gasteiger partial charge in [-0.25, -0.2) is 9.18 Å². The smallest absolute Gasteiger partial charge is 0.317 e. The van der Waals surface area contributed by atoms with Crippen LogP contribution in [0.15, 0.2) is 24.3 Å². The highest BCUT2D eigenvalue weighted by Gasteiger charge is 2.30. The summed E-state index contributed by atoms with van der Waals surface area (Å²) in [6.45, 7) is 4.27. The molecule has 27 heavy (non-hydrogen) atoms. The van der Waals surface area contributed by atoms with Crippen LogP contribution in [-0.4, -0.2) is 67.7 Å². The SMILES string of the molecule is O=C(NCCCc1ccccc1F)N1CCC(C(=O)N2CCOCC2)CC1. The van der Waals surface area contributed by atoms with E-state index in [0.717, 1.165) is 0 Å². The Morgan fingerprint density at radius 1 is 1.07 bits per heavy atom. The van der Waals surface area contributed by atoms with E-state index in [9.17, 15) is 14.0 Å². The molecule has 0 bridgehead atoms. The summed E-state index contributed by atoms with van der Waals surface area (Å²) in [5, 5.41) is 2.90. The molecule has 0 aliphatic carbocycles. The molecule has 2 saturated heterocycles. The van der Waals surface area contributed by atoms with Crippen molar-refractivity contribution in [2.24, 2.45) is 5.92 Å². The highest BCUT2D eigenvalue weighted by atomic mass is 19.1. The number of aryl methyl sites for hydroxylation is 1. The first kappa shape index (κ1) is 19.6. The fraction of sp³-hybridized carbons (Fsp3) is 0.600. The molecule has 0 unspecified atom stereocenters. The summed E-state index contributed by atoms with van der Waals surface area (Å²) in [5.41, 5.74) is 0.675. The number of likely N-dealkylation sites (tertiary alicyclic amines) is 1. The summed E-state index contributed by atoms with van der Waals surface area (Å²) < 4.78 is 18.9. The Hall–Kier alpha value is -2.15. The second-order valence-corrected chi connectivity index (χ2v) is 7.13. The molecular formula is C20H28FN3O3. The summed E-state index contributed by atoms with van der Waals surface area (Å²) in [5.74, 6) is 0.00675. The van der Waals surface area contributed by atoms with Gasteiger partial charge in [0.05, 0.1) is 13.2 Å². The van der Waals surface area contributed by atoms with Crippen LogP contribution in [0.2, 0.25) is 0 Å². The summed E-state index contributed by atoms with van der Waals surface area (Å²) in [7, 11) is 0. The van der Waals surface area contributed by atoms with Gasteiger partial charge < -0.3 is 19.9 Å². The number of nitrogens with zero attached hydrogens (tertiary/aromatic N) is 2. The van der Waals surface area contributed by atoms with Crippen LogP contribution < -0.4 is 5.32 Å². The molecule has 0 saturated carbocycles. The van der Waals surface area contributed by atoms with Crippen molar-refractivity contribution < 1.29 is 18.7 Å². The second-order valence-electron chi connectivity index (χ2n) is 7.13. The monoisotopic (exact) mass is 377 g/mol.